The Morgan fingerprint density at radius 2 is 2.00 bits per heavy atom. The van der Waals surface area contributed by atoms with E-state index in [4.69, 9.17) is 0 Å². The summed E-state index contributed by atoms with van der Waals surface area (Å²) in [5.74, 6) is 0.118. The molecule has 0 fully saturated rings. The Morgan fingerprint density at radius 3 is 2.50 bits per heavy atom. The van der Waals surface area contributed by atoms with Gasteiger partial charge in [-0.3, -0.25) is 4.79 Å². The van der Waals surface area contributed by atoms with Gasteiger partial charge >= 0.3 is 0 Å². The molecule has 0 heterocycles. The van der Waals surface area contributed by atoms with Crippen LogP contribution in [0.4, 0.5) is 0 Å². The van der Waals surface area contributed by atoms with E-state index in [1.807, 2.05) is 0 Å². The zero-order valence-electron chi connectivity index (χ0n) is 9.60. The van der Waals surface area contributed by atoms with E-state index in [0.717, 1.165) is 32.7 Å². The zero-order valence-corrected chi connectivity index (χ0v) is 9.60. The van der Waals surface area contributed by atoms with Crippen molar-refractivity contribution in [3.8, 4) is 0 Å². The highest BCUT2D eigenvalue weighted by atomic mass is 16.1. The van der Waals surface area contributed by atoms with Crippen molar-refractivity contribution in [2.24, 2.45) is 0 Å². The van der Waals surface area contributed by atoms with E-state index >= 15 is 0 Å². The quantitative estimate of drug-likeness (QED) is 0.546. The highest BCUT2D eigenvalue weighted by molar-refractivity contribution is 5.75. The normalized spacial score (nSPS) is 10.6. The molecule has 0 saturated heterocycles. The lowest BCUT2D eigenvalue weighted by atomic mass is 10.3. The van der Waals surface area contributed by atoms with Gasteiger partial charge in [0, 0.05) is 33.1 Å². The van der Waals surface area contributed by atoms with Crippen LogP contribution in [0.1, 0.15) is 20.3 Å². The van der Waals surface area contributed by atoms with Crippen LogP contribution >= 0.6 is 0 Å². The number of amides is 1. The Hall–Kier alpha value is -0.610. The molecule has 84 valence electrons. The third-order valence-corrected chi connectivity index (χ3v) is 2.24. The molecule has 4 nitrogen and oxygen atoms in total. The van der Waals surface area contributed by atoms with Gasteiger partial charge in [0.05, 0.1) is 0 Å². The molecule has 0 spiro atoms. The molecule has 0 aromatic heterocycles. The van der Waals surface area contributed by atoms with Gasteiger partial charge in [-0.1, -0.05) is 13.8 Å². The lowest BCUT2D eigenvalue weighted by molar-refractivity contribution is -0.120. The Bertz CT molecular complexity index is 150. The second kappa shape index (κ2) is 8.97. The molecule has 0 rings (SSSR count). The van der Waals surface area contributed by atoms with Gasteiger partial charge in [0.2, 0.25) is 5.91 Å². The van der Waals surface area contributed by atoms with Crippen molar-refractivity contribution in [2.45, 2.75) is 20.3 Å². The monoisotopic (exact) mass is 201 g/mol. The predicted molar refractivity (Wildman–Crippen MR) is 59.3 cm³/mol. The number of carbonyl (C=O) groups excluding carboxylic acids is 1. The molecule has 2 N–H and O–H groups in total. The Balaban J connectivity index is 3.52. The maximum Gasteiger partial charge on any atom is 0.221 e. The van der Waals surface area contributed by atoms with Gasteiger partial charge < -0.3 is 15.5 Å². The van der Waals surface area contributed by atoms with E-state index in [-0.39, 0.29) is 5.91 Å². The second-order valence-electron chi connectivity index (χ2n) is 3.21. The van der Waals surface area contributed by atoms with E-state index in [0.29, 0.717) is 6.42 Å². The summed E-state index contributed by atoms with van der Waals surface area (Å²) in [6, 6.07) is 0. The lowest BCUT2D eigenvalue weighted by Gasteiger charge is -2.19. The topological polar surface area (TPSA) is 44.4 Å². The summed E-state index contributed by atoms with van der Waals surface area (Å²) in [7, 11) is 1.68. The summed E-state index contributed by atoms with van der Waals surface area (Å²) in [5.41, 5.74) is 0. The number of hydrogen-bond acceptors (Lipinski definition) is 3. The van der Waals surface area contributed by atoms with E-state index < -0.39 is 0 Å². The first-order chi connectivity index (χ1) is 6.74. The molecule has 14 heavy (non-hydrogen) atoms. The molecule has 0 aliphatic heterocycles. The Labute approximate surface area is 87.0 Å². The van der Waals surface area contributed by atoms with Crippen molar-refractivity contribution < 1.29 is 4.79 Å². The molecule has 0 aromatic carbocycles. The fourth-order valence-electron chi connectivity index (χ4n) is 1.23. The predicted octanol–water partition coefficient (Wildman–Crippen LogP) is 0.0539. The molecule has 0 atom stereocenters. The number of rotatable bonds is 8. The molecule has 4 heteroatoms. The molecule has 0 aliphatic carbocycles. The average Bonchev–Trinajstić information content (AvgIpc) is 2.22. The first kappa shape index (κ1) is 13.4. The number of nitrogens with zero attached hydrogens (tertiary/aromatic N) is 1. The van der Waals surface area contributed by atoms with E-state index in [9.17, 15) is 4.79 Å². The van der Waals surface area contributed by atoms with Crippen LogP contribution in [-0.4, -0.2) is 50.6 Å². The third-order valence-electron chi connectivity index (χ3n) is 2.24. The first-order valence-corrected chi connectivity index (χ1v) is 5.38. The molecule has 0 bridgehead atoms. The molecule has 0 unspecified atom stereocenters. The molecule has 0 aliphatic rings. The third kappa shape index (κ3) is 6.86. The van der Waals surface area contributed by atoms with Crippen LogP contribution in [0.5, 0.6) is 0 Å². The van der Waals surface area contributed by atoms with Gasteiger partial charge in [0.25, 0.3) is 0 Å². The van der Waals surface area contributed by atoms with E-state index in [1.54, 1.807) is 7.05 Å². The first-order valence-electron chi connectivity index (χ1n) is 5.38. The van der Waals surface area contributed by atoms with Crippen molar-refractivity contribution in [3.05, 3.63) is 0 Å². The van der Waals surface area contributed by atoms with Crippen LogP contribution in [0.25, 0.3) is 0 Å². The fraction of sp³-hybridized carbons (Fsp3) is 0.900. The highest BCUT2D eigenvalue weighted by Crippen LogP contribution is 1.90. The van der Waals surface area contributed by atoms with Gasteiger partial charge in [-0.2, -0.15) is 0 Å². The van der Waals surface area contributed by atoms with E-state index in [1.165, 1.54) is 0 Å². The minimum Gasteiger partial charge on any atom is -0.359 e. The summed E-state index contributed by atoms with van der Waals surface area (Å²) < 4.78 is 0. The Kier molecular flexibility index (Phi) is 8.57. The van der Waals surface area contributed by atoms with Crippen molar-refractivity contribution in [1.29, 1.82) is 0 Å². The molecular weight excluding hydrogens is 178 g/mol. The van der Waals surface area contributed by atoms with E-state index in [2.05, 4.69) is 29.4 Å². The van der Waals surface area contributed by atoms with Gasteiger partial charge in [0.1, 0.15) is 0 Å². The van der Waals surface area contributed by atoms with Crippen LogP contribution < -0.4 is 10.6 Å². The smallest absolute Gasteiger partial charge is 0.221 e. The molecule has 1 amide bonds. The van der Waals surface area contributed by atoms with Crippen LogP contribution in [0, 0.1) is 0 Å². The minimum absolute atomic E-state index is 0.118. The molecule has 0 radical (unpaired) electrons. The van der Waals surface area contributed by atoms with Crippen LogP contribution in [0.15, 0.2) is 0 Å². The summed E-state index contributed by atoms with van der Waals surface area (Å²) in [6.07, 6.45) is 0.594. The standard InChI is InChI=1S/C10H23N3O/c1-4-12-7-9-13(5-2)8-6-10(14)11-3/h12H,4-9H2,1-3H3,(H,11,14). The maximum absolute atomic E-state index is 11.0. The molecule has 0 saturated carbocycles. The minimum atomic E-state index is 0.118. The molecule has 0 aromatic rings. The lowest BCUT2D eigenvalue weighted by Crippen LogP contribution is -2.34. The van der Waals surface area contributed by atoms with Gasteiger partial charge in [-0.25, -0.2) is 0 Å². The number of nitrogens with one attached hydrogen (secondary N) is 2. The number of carbonyl (C=O) groups is 1. The van der Waals surface area contributed by atoms with Crippen LogP contribution in [0.2, 0.25) is 0 Å². The summed E-state index contributed by atoms with van der Waals surface area (Å²) in [6.45, 7) is 9.09. The summed E-state index contributed by atoms with van der Waals surface area (Å²) in [5, 5.41) is 5.90. The number of hydrogen-bond donors (Lipinski definition) is 2. The van der Waals surface area contributed by atoms with Crippen molar-refractivity contribution in [1.82, 2.24) is 15.5 Å². The fourth-order valence-corrected chi connectivity index (χ4v) is 1.23. The summed E-state index contributed by atoms with van der Waals surface area (Å²) >= 11 is 0. The van der Waals surface area contributed by atoms with Crippen molar-refractivity contribution in [2.75, 3.05) is 39.8 Å². The van der Waals surface area contributed by atoms with Crippen LogP contribution in [0.3, 0.4) is 0 Å². The van der Waals surface area contributed by atoms with Crippen molar-refractivity contribution in [3.63, 3.8) is 0 Å². The maximum atomic E-state index is 11.0. The largest absolute Gasteiger partial charge is 0.359 e. The van der Waals surface area contributed by atoms with Gasteiger partial charge in [0.15, 0.2) is 0 Å². The SMILES string of the molecule is CCNCCN(CC)CCC(=O)NC. The van der Waals surface area contributed by atoms with Gasteiger partial charge in [-0.15, -0.1) is 0 Å². The average molecular weight is 201 g/mol. The molecular formula is C10H23N3O. The van der Waals surface area contributed by atoms with Gasteiger partial charge in [-0.05, 0) is 13.1 Å². The highest BCUT2D eigenvalue weighted by Gasteiger charge is 2.04. The number of likely N-dealkylation sites (N-methyl/N-ethyl adjacent to an activating group) is 2. The Morgan fingerprint density at radius 1 is 1.29 bits per heavy atom. The van der Waals surface area contributed by atoms with Crippen molar-refractivity contribution >= 4 is 5.91 Å². The summed E-state index contributed by atoms with van der Waals surface area (Å²) in [4.78, 5) is 13.3. The zero-order chi connectivity index (χ0) is 10.8. The second-order valence-corrected chi connectivity index (χ2v) is 3.21. The van der Waals surface area contributed by atoms with Crippen LogP contribution in [-0.2, 0) is 4.79 Å².